The largest absolute Gasteiger partial charge is 0.480 e. The van der Waals surface area contributed by atoms with E-state index in [0.717, 1.165) is 12.1 Å². The van der Waals surface area contributed by atoms with Crippen LogP contribution in [0.3, 0.4) is 0 Å². The summed E-state index contributed by atoms with van der Waals surface area (Å²) in [6, 6.07) is 4.14. The Labute approximate surface area is 150 Å². The summed E-state index contributed by atoms with van der Waals surface area (Å²) in [6.45, 7) is 2.21. The molecule has 0 aromatic heterocycles. The van der Waals surface area contributed by atoms with Gasteiger partial charge in [-0.1, -0.05) is 25.1 Å². The number of hydrogen-bond donors (Lipinski definition) is 2. The molecule has 10 heteroatoms. The zero-order chi connectivity index (χ0) is 19.5. The van der Waals surface area contributed by atoms with E-state index in [9.17, 15) is 26.4 Å². The molecule has 0 saturated heterocycles. The van der Waals surface area contributed by atoms with Crippen LogP contribution < -0.4 is 4.72 Å². The van der Waals surface area contributed by atoms with Gasteiger partial charge in [-0.3, -0.25) is 9.69 Å². The van der Waals surface area contributed by atoms with Crippen LogP contribution in [0.5, 0.6) is 0 Å². The van der Waals surface area contributed by atoms with E-state index < -0.39 is 39.5 Å². The number of aliphatic carboxylic acids is 1. The lowest BCUT2D eigenvalue weighted by Gasteiger charge is -2.42. The summed E-state index contributed by atoms with van der Waals surface area (Å²) in [5.74, 6) is -1.71. The summed E-state index contributed by atoms with van der Waals surface area (Å²) in [6.07, 6.45) is -3.76. The number of nitrogens with one attached hydrogen (secondary N) is 1. The van der Waals surface area contributed by atoms with Gasteiger partial charge in [0.2, 0.25) is 10.0 Å². The Morgan fingerprint density at radius 1 is 1.31 bits per heavy atom. The molecule has 0 radical (unpaired) electrons. The predicted molar refractivity (Wildman–Crippen MR) is 88.9 cm³/mol. The highest BCUT2D eigenvalue weighted by Crippen LogP contribution is 2.33. The van der Waals surface area contributed by atoms with Crippen molar-refractivity contribution >= 4 is 16.0 Å². The van der Waals surface area contributed by atoms with Gasteiger partial charge in [0.25, 0.3) is 0 Å². The van der Waals surface area contributed by atoms with Crippen LogP contribution in [-0.2, 0) is 26.7 Å². The third kappa shape index (κ3) is 5.42. The summed E-state index contributed by atoms with van der Waals surface area (Å²) >= 11 is 0. The van der Waals surface area contributed by atoms with Gasteiger partial charge in [-0.05, 0) is 31.0 Å². The minimum Gasteiger partial charge on any atom is -0.480 e. The summed E-state index contributed by atoms with van der Waals surface area (Å²) in [5, 5.41) is 8.85. The number of carbonyl (C=O) groups is 1. The Kier molecular flexibility index (Phi) is 6.30. The molecule has 1 fully saturated rings. The van der Waals surface area contributed by atoms with E-state index in [0.29, 0.717) is 19.4 Å². The van der Waals surface area contributed by atoms with Gasteiger partial charge in [0.05, 0.1) is 17.9 Å². The zero-order valence-electron chi connectivity index (χ0n) is 14.2. The van der Waals surface area contributed by atoms with Gasteiger partial charge < -0.3 is 5.11 Å². The van der Waals surface area contributed by atoms with Gasteiger partial charge in [-0.25, -0.2) is 13.1 Å². The number of likely N-dealkylation sites (N-methyl/N-ethyl adjacent to an activating group) is 1. The Balaban J connectivity index is 1.97. The van der Waals surface area contributed by atoms with Crippen molar-refractivity contribution in [3.05, 3.63) is 35.4 Å². The molecule has 26 heavy (non-hydrogen) atoms. The summed E-state index contributed by atoms with van der Waals surface area (Å²) in [4.78, 5) is 12.5. The van der Waals surface area contributed by atoms with Crippen LogP contribution in [0, 0.1) is 0 Å². The molecule has 1 aromatic rings. The maximum Gasteiger partial charge on any atom is 0.416 e. The molecule has 0 atom stereocenters. The van der Waals surface area contributed by atoms with Crippen molar-refractivity contribution in [3.63, 3.8) is 0 Å². The molecule has 1 aliphatic rings. The van der Waals surface area contributed by atoms with Gasteiger partial charge in [-0.15, -0.1) is 0 Å². The first kappa shape index (κ1) is 20.7. The molecular formula is C16H21F3N2O4S. The van der Waals surface area contributed by atoms with Crippen molar-refractivity contribution in [2.24, 2.45) is 0 Å². The van der Waals surface area contributed by atoms with Crippen molar-refractivity contribution < 1.29 is 31.5 Å². The number of alkyl halides is 3. The summed E-state index contributed by atoms with van der Waals surface area (Å²) < 4.78 is 65.8. The Bertz CT molecular complexity index is 746. The third-order valence-corrected chi connectivity index (χ3v) is 5.77. The van der Waals surface area contributed by atoms with Crippen LogP contribution in [0.1, 0.15) is 30.9 Å². The standard InChI is InChI=1S/C16H21F3N2O4S/c1-2-21(9-15(22)23)13-7-12(8-13)20-26(24,25)10-11-5-3-4-6-14(11)16(17,18)19/h3-6,12-13,20H,2,7-10H2,1H3,(H,22,23). The number of hydrogen-bond acceptors (Lipinski definition) is 4. The van der Waals surface area contributed by atoms with Crippen molar-refractivity contribution in [2.75, 3.05) is 13.1 Å². The molecule has 146 valence electrons. The lowest BCUT2D eigenvalue weighted by Crippen LogP contribution is -2.54. The smallest absolute Gasteiger partial charge is 0.416 e. The van der Waals surface area contributed by atoms with Gasteiger partial charge in [-0.2, -0.15) is 13.2 Å². The van der Waals surface area contributed by atoms with E-state index in [1.807, 2.05) is 6.92 Å². The Morgan fingerprint density at radius 3 is 2.46 bits per heavy atom. The first-order valence-corrected chi connectivity index (χ1v) is 9.78. The SMILES string of the molecule is CCN(CC(=O)O)C1CC(NS(=O)(=O)Cc2ccccc2C(F)(F)F)C1. The molecule has 1 aliphatic carbocycles. The van der Waals surface area contributed by atoms with E-state index in [4.69, 9.17) is 5.11 Å². The fraction of sp³-hybridized carbons (Fsp3) is 0.562. The number of carboxylic acids is 1. The van der Waals surface area contributed by atoms with E-state index >= 15 is 0 Å². The quantitative estimate of drug-likeness (QED) is 0.705. The molecule has 0 amide bonds. The highest BCUT2D eigenvalue weighted by molar-refractivity contribution is 7.88. The predicted octanol–water partition coefficient (Wildman–Crippen LogP) is 2.06. The van der Waals surface area contributed by atoms with Crippen molar-refractivity contribution in [2.45, 2.75) is 43.8 Å². The summed E-state index contributed by atoms with van der Waals surface area (Å²) in [7, 11) is -3.94. The van der Waals surface area contributed by atoms with Crippen molar-refractivity contribution in [1.29, 1.82) is 0 Å². The Morgan fingerprint density at radius 2 is 1.92 bits per heavy atom. The molecule has 1 aromatic carbocycles. The number of nitrogens with zero attached hydrogens (tertiary/aromatic N) is 1. The topological polar surface area (TPSA) is 86.7 Å². The second kappa shape index (κ2) is 7.93. The number of sulfonamides is 1. The van der Waals surface area contributed by atoms with Gasteiger partial charge in [0.1, 0.15) is 0 Å². The Hall–Kier alpha value is -1.65. The molecule has 6 nitrogen and oxygen atoms in total. The minimum absolute atomic E-state index is 0.0498. The van der Waals surface area contributed by atoms with Crippen LogP contribution in [0.4, 0.5) is 13.2 Å². The van der Waals surface area contributed by atoms with E-state index in [1.54, 1.807) is 4.90 Å². The average molecular weight is 394 g/mol. The zero-order valence-corrected chi connectivity index (χ0v) is 15.0. The van der Waals surface area contributed by atoms with Gasteiger partial charge >= 0.3 is 12.1 Å². The highest BCUT2D eigenvalue weighted by atomic mass is 32.2. The van der Waals surface area contributed by atoms with Gasteiger partial charge in [0.15, 0.2) is 0 Å². The minimum atomic E-state index is -4.62. The second-order valence-electron chi connectivity index (χ2n) is 6.31. The van der Waals surface area contributed by atoms with Crippen LogP contribution in [0.25, 0.3) is 0 Å². The van der Waals surface area contributed by atoms with Crippen molar-refractivity contribution in [3.8, 4) is 0 Å². The molecule has 0 heterocycles. The molecule has 0 spiro atoms. The fourth-order valence-electron chi connectivity index (χ4n) is 3.08. The number of carboxylic acid groups (broad SMARTS) is 1. The van der Waals surface area contributed by atoms with Crippen LogP contribution >= 0.6 is 0 Å². The molecule has 2 rings (SSSR count). The number of benzene rings is 1. The number of rotatable bonds is 8. The first-order valence-electron chi connectivity index (χ1n) is 8.12. The fourth-order valence-corrected chi connectivity index (χ4v) is 4.52. The van der Waals surface area contributed by atoms with E-state index in [2.05, 4.69) is 4.72 Å². The van der Waals surface area contributed by atoms with Gasteiger partial charge in [0, 0.05) is 12.1 Å². The molecule has 0 aliphatic heterocycles. The average Bonchev–Trinajstić information content (AvgIpc) is 2.47. The molecule has 0 bridgehead atoms. The normalized spacial score (nSPS) is 20.8. The number of halogens is 3. The van der Waals surface area contributed by atoms with E-state index in [1.165, 1.54) is 12.1 Å². The molecule has 0 unspecified atom stereocenters. The van der Waals surface area contributed by atoms with Crippen LogP contribution in [0.15, 0.2) is 24.3 Å². The lowest BCUT2D eigenvalue weighted by atomic mass is 9.86. The molecule has 1 saturated carbocycles. The monoisotopic (exact) mass is 394 g/mol. The third-order valence-electron chi connectivity index (χ3n) is 4.39. The first-order chi connectivity index (χ1) is 12.0. The maximum absolute atomic E-state index is 13.0. The second-order valence-corrected chi connectivity index (χ2v) is 8.06. The van der Waals surface area contributed by atoms with E-state index in [-0.39, 0.29) is 18.2 Å². The maximum atomic E-state index is 13.0. The lowest BCUT2D eigenvalue weighted by molar-refractivity contribution is -0.140. The highest BCUT2D eigenvalue weighted by Gasteiger charge is 2.37. The molecular weight excluding hydrogens is 373 g/mol. The summed E-state index contributed by atoms with van der Waals surface area (Å²) in [5.41, 5.74) is -1.26. The molecule has 2 N–H and O–H groups in total. The van der Waals surface area contributed by atoms with Crippen LogP contribution in [0.2, 0.25) is 0 Å². The van der Waals surface area contributed by atoms with Crippen LogP contribution in [-0.4, -0.2) is 49.6 Å². The van der Waals surface area contributed by atoms with Crippen molar-refractivity contribution in [1.82, 2.24) is 9.62 Å².